The lowest BCUT2D eigenvalue weighted by Crippen LogP contribution is -2.28. The van der Waals surface area contributed by atoms with Crippen molar-refractivity contribution in [1.29, 1.82) is 0 Å². The average molecular weight is 459 g/mol. The van der Waals surface area contributed by atoms with Gasteiger partial charge in [-0.15, -0.1) is 0 Å². The van der Waals surface area contributed by atoms with E-state index in [-0.39, 0.29) is 11.8 Å². The first-order valence-electron chi connectivity index (χ1n) is 9.71. The van der Waals surface area contributed by atoms with Gasteiger partial charge in [0.1, 0.15) is 17.0 Å². The van der Waals surface area contributed by atoms with Gasteiger partial charge in [-0.2, -0.15) is 4.98 Å². The van der Waals surface area contributed by atoms with Crippen LogP contribution >= 0.6 is 23.4 Å². The maximum Gasteiger partial charge on any atom is 0.222 e. The zero-order valence-electron chi connectivity index (χ0n) is 17.4. The van der Waals surface area contributed by atoms with Crippen molar-refractivity contribution < 1.29 is 0 Å². The van der Waals surface area contributed by atoms with Crippen LogP contribution in [0.5, 0.6) is 0 Å². The fourth-order valence-electron chi connectivity index (χ4n) is 3.22. The van der Waals surface area contributed by atoms with Gasteiger partial charge in [0.25, 0.3) is 0 Å². The molecule has 0 saturated carbocycles. The van der Waals surface area contributed by atoms with Crippen molar-refractivity contribution in [2.45, 2.75) is 23.4 Å². The summed E-state index contributed by atoms with van der Waals surface area (Å²) in [4.78, 5) is 28.3. The number of fused-ring (bicyclic) bond motifs is 2. The third kappa shape index (κ3) is 4.16. The standard InChI is InChI=1S/C19H23ClN10S/c1-4-10-13(20)12-16(25-10)28-19(29-17(12)30(3)6-5-23-2)31-9-7-11-14(24-8-9)15(21)27-18(22)26-11/h7-8,23H,4-6H2,1-3H3,(H,25,28,29)(H4,21,22,26,27). The van der Waals surface area contributed by atoms with Crippen molar-refractivity contribution in [3.63, 3.8) is 0 Å². The number of halogens is 1. The Morgan fingerprint density at radius 1 is 1.23 bits per heavy atom. The predicted molar refractivity (Wildman–Crippen MR) is 126 cm³/mol. The number of hydrogen-bond acceptors (Lipinski definition) is 10. The monoisotopic (exact) mass is 458 g/mol. The fourth-order valence-corrected chi connectivity index (χ4v) is 4.34. The van der Waals surface area contributed by atoms with Crippen molar-refractivity contribution in [3.05, 3.63) is 23.0 Å². The zero-order valence-corrected chi connectivity index (χ0v) is 19.0. The predicted octanol–water partition coefficient (Wildman–Crippen LogP) is 2.48. The largest absolute Gasteiger partial charge is 0.382 e. The van der Waals surface area contributed by atoms with Crippen molar-refractivity contribution in [1.82, 2.24) is 35.2 Å². The lowest BCUT2D eigenvalue weighted by molar-refractivity contribution is 0.758. The van der Waals surface area contributed by atoms with Gasteiger partial charge in [-0.25, -0.2) is 19.9 Å². The summed E-state index contributed by atoms with van der Waals surface area (Å²) in [5.74, 6) is 1.12. The second kappa shape index (κ2) is 8.69. The Labute approximate surface area is 188 Å². The first-order valence-corrected chi connectivity index (χ1v) is 10.9. The Bertz CT molecular complexity index is 1260. The van der Waals surface area contributed by atoms with Gasteiger partial charge >= 0.3 is 0 Å². The van der Waals surface area contributed by atoms with Gasteiger partial charge in [0.05, 0.1) is 15.9 Å². The number of pyridine rings is 1. The molecule has 0 aliphatic rings. The summed E-state index contributed by atoms with van der Waals surface area (Å²) >= 11 is 8.01. The number of aryl methyl sites for hydroxylation is 1. The second-order valence-electron chi connectivity index (χ2n) is 6.96. The van der Waals surface area contributed by atoms with E-state index in [2.05, 4.69) is 30.2 Å². The van der Waals surface area contributed by atoms with E-state index < -0.39 is 0 Å². The molecule has 0 amide bonds. The summed E-state index contributed by atoms with van der Waals surface area (Å²) in [6.45, 7) is 3.62. The van der Waals surface area contributed by atoms with Crippen LogP contribution in [0.25, 0.3) is 22.1 Å². The van der Waals surface area contributed by atoms with Crippen LogP contribution in [0.4, 0.5) is 17.6 Å². The average Bonchev–Trinajstić information content (AvgIpc) is 3.06. The number of nitrogens with one attached hydrogen (secondary N) is 2. The first-order chi connectivity index (χ1) is 14.9. The molecule has 4 heterocycles. The van der Waals surface area contributed by atoms with E-state index in [0.717, 1.165) is 41.3 Å². The number of rotatable bonds is 7. The maximum absolute atomic E-state index is 6.64. The Balaban J connectivity index is 1.77. The molecule has 0 aliphatic carbocycles. The summed E-state index contributed by atoms with van der Waals surface area (Å²) < 4.78 is 0. The molecular weight excluding hydrogens is 436 g/mol. The Morgan fingerprint density at radius 3 is 2.77 bits per heavy atom. The number of aromatic nitrogens is 6. The molecule has 12 heteroatoms. The number of nitrogen functional groups attached to an aromatic ring is 2. The molecule has 6 N–H and O–H groups in total. The van der Waals surface area contributed by atoms with Gasteiger partial charge in [0, 0.05) is 36.9 Å². The van der Waals surface area contributed by atoms with E-state index in [4.69, 9.17) is 33.0 Å². The maximum atomic E-state index is 6.64. The third-order valence-electron chi connectivity index (χ3n) is 4.80. The molecule has 0 spiro atoms. The summed E-state index contributed by atoms with van der Waals surface area (Å²) in [6, 6.07) is 1.85. The molecule has 162 valence electrons. The van der Waals surface area contributed by atoms with Crippen LogP contribution in [0.15, 0.2) is 22.3 Å². The molecule has 0 bridgehead atoms. The lowest BCUT2D eigenvalue weighted by Gasteiger charge is -2.19. The molecule has 0 fully saturated rings. The number of anilines is 3. The number of nitrogens with zero attached hydrogens (tertiary/aromatic N) is 6. The Hall–Kier alpha value is -2.89. The van der Waals surface area contributed by atoms with Crippen molar-refractivity contribution in [2.24, 2.45) is 0 Å². The molecule has 0 aromatic carbocycles. The van der Waals surface area contributed by atoms with Crippen LogP contribution in [-0.2, 0) is 6.42 Å². The normalized spacial score (nSPS) is 11.5. The topological polar surface area (TPSA) is 148 Å². The molecule has 31 heavy (non-hydrogen) atoms. The zero-order chi connectivity index (χ0) is 22.1. The quantitative estimate of drug-likeness (QED) is 0.304. The van der Waals surface area contributed by atoms with E-state index >= 15 is 0 Å². The van der Waals surface area contributed by atoms with Crippen LogP contribution in [0, 0.1) is 0 Å². The summed E-state index contributed by atoms with van der Waals surface area (Å²) in [5, 5.41) is 5.21. The molecule has 0 atom stereocenters. The molecule has 0 radical (unpaired) electrons. The van der Waals surface area contributed by atoms with Gasteiger partial charge in [0.15, 0.2) is 11.0 Å². The molecule has 4 rings (SSSR count). The van der Waals surface area contributed by atoms with Gasteiger partial charge in [-0.3, -0.25) is 0 Å². The Morgan fingerprint density at radius 2 is 2.03 bits per heavy atom. The van der Waals surface area contributed by atoms with Crippen LogP contribution in [0.2, 0.25) is 5.02 Å². The summed E-state index contributed by atoms with van der Waals surface area (Å²) in [6.07, 6.45) is 2.47. The van der Waals surface area contributed by atoms with Gasteiger partial charge < -0.3 is 26.7 Å². The van der Waals surface area contributed by atoms with Crippen molar-refractivity contribution in [3.8, 4) is 0 Å². The minimum absolute atomic E-state index is 0.105. The van der Waals surface area contributed by atoms with Crippen LogP contribution < -0.4 is 21.7 Å². The van der Waals surface area contributed by atoms with E-state index in [1.165, 1.54) is 11.8 Å². The van der Waals surface area contributed by atoms with Crippen molar-refractivity contribution >= 4 is 63.0 Å². The molecule has 4 aromatic rings. The molecule has 4 aromatic heterocycles. The highest BCUT2D eigenvalue weighted by molar-refractivity contribution is 7.99. The Kier molecular flexibility index (Phi) is 5.99. The smallest absolute Gasteiger partial charge is 0.222 e. The number of nitrogens with two attached hydrogens (primary N) is 2. The molecular formula is C19H23ClN10S. The minimum Gasteiger partial charge on any atom is -0.382 e. The number of likely N-dealkylation sites (N-methyl/N-ethyl adjacent to an activating group) is 2. The van der Waals surface area contributed by atoms with E-state index in [1.807, 2.05) is 27.1 Å². The summed E-state index contributed by atoms with van der Waals surface area (Å²) in [7, 11) is 3.90. The van der Waals surface area contributed by atoms with Gasteiger partial charge in [-0.1, -0.05) is 18.5 Å². The minimum atomic E-state index is 0.105. The van der Waals surface area contributed by atoms with E-state index in [9.17, 15) is 0 Å². The van der Waals surface area contributed by atoms with Gasteiger partial charge in [-0.05, 0) is 31.3 Å². The molecule has 0 unspecified atom stereocenters. The molecule has 10 nitrogen and oxygen atoms in total. The second-order valence-corrected chi connectivity index (χ2v) is 8.38. The van der Waals surface area contributed by atoms with Crippen LogP contribution in [0.1, 0.15) is 12.6 Å². The fraction of sp³-hybridized carbons (Fsp3) is 0.316. The number of hydrogen-bond donors (Lipinski definition) is 4. The molecule has 0 aliphatic heterocycles. The van der Waals surface area contributed by atoms with Crippen LogP contribution in [-0.4, -0.2) is 57.1 Å². The van der Waals surface area contributed by atoms with Crippen LogP contribution in [0.3, 0.4) is 0 Å². The van der Waals surface area contributed by atoms with E-state index in [1.54, 1.807) is 6.20 Å². The highest BCUT2D eigenvalue weighted by atomic mass is 35.5. The molecule has 0 saturated heterocycles. The number of aromatic amines is 1. The van der Waals surface area contributed by atoms with Gasteiger partial charge in [0.2, 0.25) is 5.95 Å². The highest BCUT2D eigenvalue weighted by Crippen LogP contribution is 2.36. The SMILES string of the molecule is CCc1[nH]c2nc(Sc3cnc4c(N)nc(N)nc4c3)nc(N(C)CCNC)c2c1Cl. The number of H-pyrrole nitrogens is 1. The van der Waals surface area contributed by atoms with E-state index in [0.29, 0.717) is 26.9 Å². The lowest BCUT2D eigenvalue weighted by atomic mass is 10.3. The van der Waals surface area contributed by atoms with Crippen molar-refractivity contribution in [2.75, 3.05) is 43.6 Å². The first kappa shape index (κ1) is 21.3. The summed E-state index contributed by atoms with van der Waals surface area (Å²) in [5.41, 5.74) is 14.3. The third-order valence-corrected chi connectivity index (χ3v) is 6.04. The highest BCUT2D eigenvalue weighted by Gasteiger charge is 2.20.